The lowest BCUT2D eigenvalue weighted by atomic mass is 10.1. The van der Waals surface area contributed by atoms with Gasteiger partial charge in [0.2, 0.25) is 0 Å². The van der Waals surface area contributed by atoms with Crippen LogP contribution < -0.4 is 4.74 Å². The second kappa shape index (κ2) is 7.72. The van der Waals surface area contributed by atoms with Crippen LogP contribution in [-0.4, -0.2) is 60.3 Å². The highest BCUT2D eigenvalue weighted by molar-refractivity contribution is 5.96. The Balaban J connectivity index is 1.85. The van der Waals surface area contributed by atoms with Gasteiger partial charge in [-0.25, -0.2) is 0 Å². The number of benzene rings is 1. The lowest BCUT2D eigenvalue weighted by molar-refractivity contribution is -0.0787. The molecule has 0 bridgehead atoms. The number of β-amino-alcohol motifs (C(OH)–C–C–N with tert-alkyl or cyclic N) is 1. The van der Waals surface area contributed by atoms with E-state index in [1.54, 1.807) is 18.2 Å². The molecular weight excluding hydrogens is 282 g/mol. The largest absolute Gasteiger partial charge is 0.490 e. The Kier molecular flexibility index (Phi) is 5.94. The minimum Gasteiger partial charge on any atom is -0.490 e. The smallest absolute Gasteiger partial charge is 0.163 e. The van der Waals surface area contributed by atoms with Crippen molar-refractivity contribution in [2.75, 3.05) is 26.2 Å². The minimum absolute atomic E-state index is 0.0408. The van der Waals surface area contributed by atoms with Crippen molar-refractivity contribution in [1.29, 1.82) is 0 Å². The van der Waals surface area contributed by atoms with Gasteiger partial charge in [-0.1, -0.05) is 12.1 Å². The predicted molar refractivity (Wildman–Crippen MR) is 84.4 cm³/mol. The summed E-state index contributed by atoms with van der Waals surface area (Å²) in [5.74, 6) is 0.485. The molecule has 1 N–H and O–H groups in total. The Labute approximate surface area is 131 Å². The zero-order valence-corrected chi connectivity index (χ0v) is 13.5. The molecule has 1 aromatic rings. The van der Waals surface area contributed by atoms with E-state index in [9.17, 15) is 9.90 Å². The number of hydrogen-bond acceptors (Lipinski definition) is 5. The number of aliphatic hydroxyl groups excluding tert-OH is 1. The molecule has 122 valence electrons. The van der Waals surface area contributed by atoms with E-state index in [4.69, 9.17) is 9.47 Å². The maximum Gasteiger partial charge on any atom is 0.163 e. The molecule has 1 fully saturated rings. The van der Waals surface area contributed by atoms with Crippen LogP contribution in [0.4, 0.5) is 0 Å². The van der Waals surface area contributed by atoms with Gasteiger partial charge in [-0.2, -0.15) is 0 Å². The number of para-hydroxylation sites is 1. The summed E-state index contributed by atoms with van der Waals surface area (Å²) in [6, 6.07) is 7.10. The first-order valence-electron chi connectivity index (χ1n) is 7.74. The van der Waals surface area contributed by atoms with E-state index in [0.29, 0.717) is 17.9 Å². The van der Waals surface area contributed by atoms with Crippen molar-refractivity contribution in [1.82, 2.24) is 4.90 Å². The van der Waals surface area contributed by atoms with Crippen LogP contribution in [0.5, 0.6) is 5.75 Å². The number of carbonyl (C=O) groups excluding carboxylic acids is 1. The fourth-order valence-corrected chi connectivity index (χ4v) is 2.85. The van der Waals surface area contributed by atoms with Crippen LogP contribution in [-0.2, 0) is 4.74 Å². The average Bonchev–Trinajstić information content (AvgIpc) is 2.44. The molecule has 3 atom stereocenters. The van der Waals surface area contributed by atoms with E-state index in [-0.39, 0.29) is 24.6 Å². The number of carbonyl (C=O) groups is 1. The summed E-state index contributed by atoms with van der Waals surface area (Å²) in [5.41, 5.74) is 0.545. The normalized spacial score (nSPS) is 24.0. The maximum absolute atomic E-state index is 11.5. The maximum atomic E-state index is 11.5. The molecule has 0 spiro atoms. The molecule has 5 heteroatoms. The van der Waals surface area contributed by atoms with E-state index in [1.165, 1.54) is 6.92 Å². The third-order valence-electron chi connectivity index (χ3n) is 3.66. The molecule has 1 aliphatic rings. The SMILES string of the molecule is CC(=O)c1ccccc1OC[C@@H](O)CN1C[C@H](C)O[C@@H](C)C1. The summed E-state index contributed by atoms with van der Waals surface area (Å²) < 4.78 is 11.3. The zero-order valence-electron chi connectivity index (χ0n) is 13.5. The Morgan fingerprint density at radius 2 is 2.00 bits per heavy atom. The van der Waals surface area contributed by atoms with Gasteiger partial charge < -0.3 is 14.6 Å². The molecule has 1 aliphatic heterocycles. The van der Waals surface area contributed by atoms with Crippen molar-refractivity contribution in [2.24, 2.45) is 0 Å². The third kappa shape index (κ3) is 4.80. The Bertz CT molecular complexity index is 495. The number of nitrogens with zero attached hydrogens (tertiary/aromatic N) is 1. The molecule has 0 saturated carbocycles. The van der Waals surface area contributed by atoms with Crippen molar-refractivity contribution in [3.05, 3.63) is 29.8 Å². The number of Topliss-reactive ketones (excluding diaryl/α,β-unsaturated/α-hetero) is 1. The third-order valence-corrected chi connectivity index (χ3v) is 3.66. The molecule has 0 aliphatic carbocycles. The van der Waals surface area contributed by atoms with Crippen molar-refractivity contribution < 1.29 is 19.4 Å². The van der Waals surface area contributed by atoms with Gasteiger partial charge >= 0.3 is 0 Å². The lowest BCUT2D eigenvalue weighted by Crippen LogP contribution is -2.48. The summed E-state index contributed by atoms with van der Waals surface area (Å²) in [7, 11) is 0. The monoisotopic (exact) mass is 307 g/mol. The number of aliphatic hydroxyl groups is 1. The van der Waals surface area contributed by atoms with Gasteiger partial charge in [0, 0.05) is 19.6 Å². The quantitative estimate of drug-likeness (QED) is 0.811. The van der Waals surface area contributed by atoms with Crippen LogP contribution in [0.1, 0.15) is 31.1 Å². The zero-order chi connectivity index (χ0) is 16.1. The summed E-state index contributed by atoms with van der Waals surface area (Å²) in [5, 5.41) is 10.2. The van der Waals surface area contributed by atoms with E-state index in [0.717, 1.165) is 13.1 Å². The highest BCUT2D eigenvalue weighted by Gasteiger charge is 2.24. The topological polar surface area (TPSA) is 59.0 Å². The van der Waals surface area contributed by atoms with Gasteiger partial charge in [-0.05, 0) is 32.9 Å². The molecule has 1 saturated heterocycles. The Morgan fingerprint density at radius 3 is 2.64 bits per heavy atom. The molecule has 5 nitrogen and oxygen atoms in total. The standard InChI is InChI=1S/C17H25NO4/c1-12-8-18(9-13(2)22-12)10-15(20)11-21-17-7-5-4-6-16(17)14(3)19/h4-7,12-13,15,20H,8-11H2,1-3H3/t12-,13-,15-/m0/s1. The average molecular weight is 307 g/mol. The van der Waals surface area contributed by atoms with Crippen molar-refractivity contribution in [3.8, 4) is 5.75 Å². The molecule has 0 amide bonds. The van der Waals surface area contributed by atoms with Crippen LogP contribution in [0.2, 0.25) is 0 Å². The van der Waals surface area contributed by atoms with Crippen LogP contribution in [0.3, 0.4) is 0 Å². The van der Waals surface area contributed by atoms with Gasteiger partial charge in [0.25, 0.3) is 0 Å². The molecule has 1 aromatic carbocycles. The first-order valence-corrected chi connectivity index (χ1v) is 7.74. The summed E-state index contributed by atoms with van der Waals surface area (Å²) >= 11 is 0. The molecule has 2 rings (SSSR count). The van der Waals surface area contributed by atoms with Crippen molar-refractivity contribution in [3.63, 3.8) is 0 Å². The highest BCUT2D eigenvalue weighted by Crippen LogP contribution is 2.19. The lowest BCUT2D eigenvalue weighted by Gasteiger charge is -2.36. The molecule has 1 heterocycles. The van der Waals surface area contributed by atoms with Gasteiger partial charge in [0.05, 0.1) is 17.8 Å². The van der Waals surface area contributed by atoms with Gasteiger partial charge in [0.1, 0.15) is 18.5 Å². The number of rotatable bonds is 6. The molecule has 0 aromatic heterocycles. The molecule has 0 unspecified atom stereocenters. The second-order valence-corrected chi connectivity index (χ2v) is 5.99. The van der Waals surface area contributed by atoms with Crippen molar-refractivity contribution in [2.45, 2.75) is 39.1 Å². The summed E-state index contributed by atoms with van der Waals surface area (Å²) in [6.07, 6.45) is -0.247. The van der Waals surface area contributed by atoms with E-state index in [2.05, 4.69) is 4.90 Å². The summed E-state index contributed by atoms with van der Waals surface area (Å²) in [6.45, 7) is 7.92. The fraction of sp³-hybridized carbons (Fsp3) is 0.588. The van der Waals surface area contributed by atoms with Gasteiger partial charge in [0.15, 0.2) is 5.78 Å². The van der Waals surface area contributed by atoms with Crippen LogP contribution in [0, 0.1) is 0 Å². The number of ether oxygens (including phenoxy) is 2. The number of morpholine rings is 1. The van der Waals surface area contributed by atoms with E-state index < -0.39 is 6.10 Å². The number of hydrogen-bond donors (Lipinski definition) is 1. The Morgan fingerprint density at radius 1 is 1.36 bits per heavy atom. The van der Waals surface area contributed by atoms with Gasteiger partial charge in [-0.3, -0.25) is 9.69 Å². The summed E-state index contributed by atoms with van der Waals surface area (Å²) in [4.78, 5) is 13.7. The van der Waals surface area contributed by atoms with E-state index in [1.807, 2.05) is 19.9 Å². The Hall–Kier alpha value is -1.43. The first-order chi connectivity index (χ1) is 10.5. The van der Waals surface area contributed by atoms with Crippen LogP contribution in [0.25, 0.3) is 0 Å². The van der Waals surface area contributed by atoms with E-state index >= 15 is 0 Å². The minimum atomic E-state index is -0.600. The first kappa shape index (κ1) is 16.9. The predicted octanol–water partition coefficient (Wildman–Crippen LogP) is 1.74. The van der Waals surface area contributed by atoms with Crippen molar-refractivity contribution >= 4 is 5.78 Å². The number of ketones is 1. The van der Waals surface area contributed by atoms with Crippen LogP contribution in [0.15, 0.2) is 24.3 Å². The fourth-order valence-electron chi connectivity index (χ4n) is 2.85. The molecule has 22 heavy (non-hydrogen) atoms. The second-order valence-electron chi connectivity index (χ2n) is 5.99. The van der Waals surface area contributed by atoms with Crippen LogP contribution >= 0.6 is 0 Å². The highest BCUT2D eigenvalue weighted by atomic mass is 16.5. The van der Waals surface area contributed by atoms with Gasteiger partial charge in [-0.15, -0.1) is 0 Å². The molecule has 0 radical (unpaired) electrons. The molecular formula is C17H25NO4.